The van der Waals surface area contributed by atoms with E-state index in [4.69, 9.17) is 0 Å². The Bertz CT molecular complexity index is 405. The second-order valence-electron chi connectivity index (χ2n) is 5.59. The van der Waals surface area contributed by atoms with Gasteiger partial charge in [0.05, 0.1) is 12.1 Å². The number of benzene rings is 1. The minimum absolute atomic E-state index is 0.0189. The van der Waals surface area contributed by atoms with Crippen molar-refractivity contribution in [3.63, 3.8) is 0 Å². The number of aliphatic hydroxyl groups excluding tert-OH is 1. The summed E-state index contributed by atoms with van der Waals surface area (Å²) >= 11 is 0. The monoisotopic (exact) mass is 277 g/mol. The van der Waals surface area contributed by atoms with E-state index in [0.29, 0.717) is 0 Å². The van der Waals surface area contributed by atoms with Crippen LogP contribution in [-0.2, 0) is 4.79 Å². The Morgan fingerprint density at radius 1 is 1.25 bits per heavy atom. The number of rotatable bonds is 7. The molecule has 0 aliphatic carbocycles. The van der Waals surface area contributed by atoms with Crippen molar-refractivity contribution >= 4 is 5.91 Å². The molecule has 0 aromatic heterocycles. The van der Waals surface area contributed by atoms with Crippen LogP contribution in [0.15, 0.2) is 30.3 Å². The number of amides is 1. The third kappa shape index (κ3) is 4.34. The summed E-state index contributed by atoms with van der Waals surface area (Å²) in [6, 6.07) is 9.27. The number of hydrogen-bond acceptors (Lipinski definition) is 2. The topological polar surface area (TPSA) is 40.5 Å². The second-order valence-corrected chi connectivity index (χ2v) is 5.59. The van der Waals surface area contributed by atoms with Crippen LogP contribution in [0.3, 0.4) is 0 Å². The molecule has 0 fully saturated rings. The van der Waals surface area contributed by atoms with E-state index in [1.54, 1.807) is 11.9 Å². The van der Waals surface area contributed by atoms with E-state index < -0.39 is 6.10 Å². The van der Waals surface area contributed by atoms with Gasteiger partial charge in [0, 0.05) is 13.0 Å². The maximum atomic E-state index is 12.3. The fourth-order valence-electron chi connectivity index (χ4n) is 2.32. The molecule has 0 radical (unpaired) electrons. The second kappa shape index (κ2) is 8.05. The fourth-order valence-corrected chi connectivity index (χ4v) is 2.32. The van der Waals surface area contributed by atoms with Gasteiger partial charge in [-0.2, -0.15) is 0 Å². The summed E-state index contributed by atoms with van der Waals surface area (Å²) in [5, 5.41) is 10.4. The average molecular weight is 277 g/mol. The number of carbonyl (C=O) groups is 1. The Hall–Kier alpha value is -1.35. The summed E-state index contributed by atoms with van der Waals surface area (Å²) in [4.78, 5) is 14.0. The normalized spacial score (nSPS) is 15.4. The van der Waals surface area contributed by atoms with Gasteiger partial charge in [-0.05, 0) is 18.9 Å². The predicted octanol–water partition coefficient (Wildman–Crippen LogP) is 3.39. The van der Waals surface area contributed by atoms with Crippen molar-refractivity contribution in [2.24, 2.45) is 5.92 Å². The van der Waals surface area contributed by atoms with E-state index in [-0.39, 0.29) is 17.9 Å². The summed E-state index contributed by atoms with van der Waals surface area (Å²) in [7, 11) is 1.78. The van der Waals surface area contributed by atoms with Gasteiger partial charge < -0.3 is 10.0 Å². The van der Waals surface area contributed by atoms with Crippen LogP contribution < -0.4 is 0 Å². The zero-order chi connectivity index (χ0) is 15.1. The summed E-state index contributed by atoms with van der Waals surface area (Å²) in [6.45, 7) is 5.99. The van der Waals surface area contributed by atoms with Gasteiger partial charge in [-0.25, -0.2) is 0 Å². The molecule has 0 aliphatic rings. The fraction of sp³-hybridized carbons (Fsp3) is 0.588. The van der Waals surface area contributed by atoms with Crippen molar-refractivity contribution in [2.75, 3.05) is 7.05 Å². The third-order valence-electron chi connectivity index (χ3n) is 3.97. The van der Waals surface area contributed by atoms with Gasteiger partial charge in [-0.3, -0.25) is 4.79 Å². The lowest BCUT2D eigenvalue weighted by atomic mass is 9.99. The number of unbranched alkanes of at least 4 members (excludes halogenated alkanes) is 1. The smallest absolute Gasteiger partial charge is 0.225 e. The molecule has 0 heterocycles. The van der Waals surface area contributed by atoms with Crippen molar-refractivity contribution in [3.05, 3.63) is 35.9 Å². The first-order chi connectivity index (χ1) is 9.49. The Labute approximate surface area is 122 Å². The Morgan fingerprint density at radius 2 is 1.85 bits per heavy atom. The molecule has 112 valence electrons. The van der Waals surface area contributed by atoms with Gasteiger partial charge in [0.15, 0.2) is 0 Å². The van der Waals surface area contributed by atoms with E-state index in [2.05, 4.69) is 6.92 Å². The molecule has 0 saturated carbocycles. The lowest BCUT2D eigenvalue weighted by Gasteiger charge is -2.31. The van der Waals surface area contributed by atoms with E-state index in [1.165, 1.54) is 0 Å². The first-order valence-electron chi connectivity index (χ1n) is 7.48. The molecule has 1 amide bonds. The highest BCUT2D eigenvalue weighted by Crippen LogP contribution is 2.22. The molecule has 0 spiro atoms. The minimum Gasteiger partial charge on any atom is -0.386 e. The first kappa shape index (κ1) is 16.7. The van der Waals surface area contributed by atoms with Gasteiger partial charge in [-0.1, -0.05) is 57.0 Å². The summed E-state index contributed by atoms with van der Waals surface area (Å²) in [5.41, 5.74) is 0.848. The highest BCUT2D eigenvalue weighted by molar-refractivity contribution is 5.78. The molecule has 0 saturated heterocycles. The predicted molar refractivity (Wildman–Crippen MR) is 82.3 cm³/mol. The van der Waals surface area contributed by atoms with Crippen molar-refractivity contribution in [1.82, 2.24) is 4.90 Å². The van der Waals surface area contributed by atoms with Crippen LogP contribution in [0.25, 0.3) is 0 Å². The SMILES string of the molecule is CCCCC(C)C(=O)N(C)[C@@H](C)[C@@H](O)c1ccccc1. The Kier molecular flexibility index (Phi) is 6.73. The highest BCUT2D eigenvalue weighted by atomic mass is 16.3. The minimum atomic E-state index is -0.650. The molecule has 1 N–H and O–H groups in total. The largest absolute Gasteiger partial charge is 0.386 e. The van der Waals surface area contributed by atoms with E-state index in [1.807, 2.05) is 44.2 Å². The molecule has 20 heavy (non-hydrogen) atoms. The van der Waals surface area contributed by atoms with E-state index >= 15 is 0 Å². The van der Waals surface area contributed by atoms with Crippen LogP contribution in [-0.4, -0.2) is 29.0 Å². The summed E-state index contributed by atoms with van der Waals surface area (Å²) < 4.78 is 0. The van der Waals surface area contributed by atoms with E-state index in [9.17, 15) is 9.90 Å². The molecule has 3 heteroatoms. The molecule has 1 aromatic carbocycles. The number of aliphatic hydroxyl groups is 1. The van der Waals surface area contributed by atoms with Crippen LogP contribution in [0, 0.1) is 5.92 Å². The van der Waals surface area contributed by atoms with Crippen LogP contribution in [0.2, 0.25) is 0 Å². The molecule has 1 aromatic rings. The summed E-state index contributed by atoms with van der Waals surface area (Å²) in [5.74, 6) is 0.131. The van der Waals surface area contributed by atoms with Gasteiger partial charge in [-0.15, -0.1) is 0 Å². The van der Waals surface area contributed by atoms with E-state index in [0.717, 1.165) is 24.8 Å². The maximum absolute atomic E-state index is 12.3. The quantitative estimate of drug-likeness (QED) is 0.830. The van der Waals surface area contributed by atoms with Gasteiger partial charge in [0.2, 0.25) is 5.91 Å². The molecule has 3 nitrogen and oxygen atoms in total. The molecule has 3 atom stereocenters. The number of carbonyl (C=O) groups excluding carboxylic acids is 1. The van der Waals surface area contributed by atoms with Crippen molar-refractivity contribution in [2.45, 2.75) is 52.2 Å². The zero-order valence-electron chi connectivity index (χ0n) is 13.0. The zero-order valence-corrected chi connectivity index (χ0v) is 13.0. The standard InChI is InChI=1S/C17H27NO2/c1-5-6-10-13(2)17(20)18(4)14(3)16(19)15-11-8-7-9-12-15/h7-9,11-14,16,19H,5-6,10H2,1-4H3/t13?,14-,16+/m0/s1. The van der Waals surface area contributed by atoms with Gasteiger partial charge in [0.25, 0.3) is 0 Å². The lowest BCUT2D eigenvalue weighted by molar-refractivity contribution is -0.138. The Balaban J connectivity index is 2.66. The Morgan fingerprint density at radius 3 is 2.40 bits per heavy atom. The van der Waals surface area contributed by atoms with Gasteiger partial charge >= 0.3 is 0 Å². The molecular formula is C17H27NO2. The lowest BCUT2D eigenvalue weighted by Crippen LogP contribution is -2.41. The average Bonchev–Trinajstić information content (AvgIpc) is 2.50. The third-order valence-corrected chi connectivity index (χ3v) is 3.97. The number of nitrogens with zero attached hydrogens (tertiary/aromatic N) is 1. The molecular weight excluding hydrogens is 250 g/mol. The first-order valence-corrected chi connectivity index (χ1v) is 7.48. The van der Waals surface area contributed by atoms with Crippen molar-refractivity contribution in [3.8, 4) is 0 Å². The van der Waals surface area contributed by atoms with Crippen molar-refractivity contribution in [1.29, 1.82) is 0 Å². The van der Waals surface area contributed by atoms with Crippen LogP contribution in [0.4, 0.5) is 0 Å². The maximum Gasteiger partial charge on any atom is 0.225 e. The summed E-state index contributed by atoms with van der Waals surface area (Å²) in [6.07, 6.45) is 2.43. The molecule has 0 bridgehead atoms. The number of likely N-dealkylation sites (N-methyl/N-ethyl adjacent to an activating group) is 1. The highest BCUT2D eigenvalue weighted by Gasteiger charge is 2.26. The van der Waals surface area contributed by atoms with Gasteiger partial charge in [0.1, 0.15) is 0 Å². The van der Waals surface area contributed by atoms with Crippen LogP contribution >= 0.6 is 0 Å². The number of hydrogen-bond donors (Lipinski definition) is 1. The molecule has 1 unspecified atom stereocenters. The van der Waals surface area contributed by atoms with Crippen LogP contribution in [0.5, 0.6) is 0 Å². The molecule has 1 rings (SSSR count). The molecule has 0 aliphatic heterocycles. The van der Waals surface area contributed by atoms with Crippen molar-refractivity contribution < 1.29 is 9.90 Å². The van der Waals surface area contributed by atoms with Crippen LogP contribution in [0.1, 0.15) is 51.7 Å².